The van der Waals surface area contributed by atoms with Crippen molar-refractivity contribution in [2.24, 2.45) is 11.8 Å². The Morgan fingerprint density at radius 3 is 2.33 bits per heavy atom. The predicted octanol–water partition coefficient (Wildman–Crippen LogP) is 3.79. The molecule has 0 spiro atoms. The van der Waals surface area contributed by atoms with Crippen LogP contribution in [0.2, 0.25) is 0 Å². The highest BCUT2D eigenvalue weighted by molar-refractivity contribution is 6.12. The Morgan fingerprint density at radius 2 is 1.73 bits per heavy atom. The Balaban J connectivity index is 1.79. The van der Waals surface area contributed by atoms with Gasteiger partial charge in [-0.1, -0.05) is 19.1 Å². The van der Waals surface area contributed by atoms with Gasteiger partial charge in [0.25, 0.3) is 0 Å². The number of carbonyl (C=O) groups is 3. The smallest absolute Gasteiger partial charge is 0.337 e. The minimum Gasteiger partial charge on any atom is -0.497 e. The number of dihydropyridines is 1. The van der Waals surface area contributed by atoms with Crippen LogP contribution in [0.15, 0.2) is 46.8 Å². The number of allylic oxidation sites excluding steroid dienone is 3. The highest BCUT2D eigenvalue weighted by Crippen LogP contribution is 2.46. The minimum absolute atomic E-state index is 0.102. The first-order valence-electron chi connectivity index (χ1n) is 11.5. The van der Waals surface area contributed by atoms with E-state index in [0.29, 0.717) is 29.0 Å². The summed E-state index contributed by atoms with van der Waals surface area (Å²) in [5.41, 5.74) is 3.06. The molecule has 1 aliphatic heterocycles. The average Bonchev–Trinajstić information content (AvgIpc) is 3.30. The van der Waals surface area contributed by atoms with Crippen LogP contribution in [0.1, 0.15) is 57.4 Å². The topological polar surface area (TPSA) is 90.9 Å². The second-order valence-electron chi connectivity index (χ2n) is 9.12. The van der Waals surface area contributed by atoms with Crippen molar-refractivity contribution in [1.29, 1.82) is 0 Å². The Bertz CT molecular complexity index is 1020. The maximum absolute atomic E-state index is 13.7. The molecule has 3 unspecified atom stereocenters. The van der Waals surface area contributed by atoms with Crippen LogP contribution < -0.4 is 10.1 Å². The van der Waals surface area contributed by atoms with E-state index in [-0.39, 0.29) is 17.8 Å². The van der Waals surface area contributed by atoms with E-state index in [1.165, 1.54) is 7.11 Å². The fourth-order valence-corrected chi connectivity index (χ4v) is 5.30. The Morgan fingerprint density at radius 1 is 1.06 bits per heavy atom. The van der Waals surface area contributed by atoms with E-state index in [2.05, 4.69) is 5.32 Å². The zero-order chi connectivity index (χ0) is 23.7. The molecule has 0 bridgehead atoms. The lowest BCUT2D eigenvalue weighted by atomic mass is 9.69. The van der Waals surface area contributed by atoms with Crippen LogP contribution in [-0.4, -0.2) is 38.0 Å². The quantitative estimate of drug-likeness (QED) is 0.536. The van der Waals surface area contributed by atoms with Gasteiger partial charge in [-0.25, -0.2) is 4.79 Å². The molecule has 0 radical (unpaired) electrons. The van der Waals surface area contributed by atoms with Gasteiger partial charge in [-0.05, 0) is 62.6 Å². The van der Waals surface area contributed by atoms with Gasteiger partial charge in [0.05, 0.1) is 19.8 Å². The van der Waals surface area contributed by atoms with Gasteiger partial charge in [0.15, 0.2) is 5.78 Å². The van der Waals surface area contributed by atoms with Crippen molar-refractivity contribution in [3.8, 4) is 5.75 Å². The summed E-state index contributed by atoms with van der Waals surface area (Å²) < 4.78 is 16.1. The third-order valence-corrected chi connectivity index (χ3v) is 6.99. The molecule has 1 heterocycles. The molecule has 4 rings (SSSR count). The lowest BCUT2D eigenvalue weighted by Crippen LogP contribution is -2.43. The van der Waals surface area contributed by atoms with Crippen molar-refractivity contribution in [2.45, 2.75) is 58.0 Å². The first-order valence-corrected chi connectivity index (χ1v) is 11.5. The maximum atomic E-state index is 13.7. The van der Waals surface area contributed by atoms with E-state index in [9.17, 15) is 14.4 Å². The highest BCUT2D eigenvalue weighted by Gasteiger charge is 2.47. The summed E-state index contributed by atoms with van der Waals surface area (Å²) in [7, 11) is 2.88. The lowest BCUT2D eigenvalue weighted by Gasteiger charge is -2.38. The molecule has 1 N–H and O–H groups in total. The monoisotopic (exact) mass is 453 g/mol. The molecule has 176 valence electrons. The van der Waals surface area contributed by atoms with Gasteiger partial charge < -0.3 is 19.5 Å². The third kappa shape index (κ3) is 4.28. The standard InChI is InChI=1S/C26H31NO6/c1-14-13-19-23(24(28)20(14)25(29)32-4)22(16-9-11-17(31-3)12-10-16)21(15(2)27-19)26(30)33-18-7-5-6-8-18/h9-12,14,18,20,22,27H,5-8,13H2,1-4H3. The van der Waals surface area contributed by atoms with E-state index < -0.39 is 23.8 Å². The zero-order valence-electron chi connectivity index (χ0n) is 19.6. The normalized spacial score (nSPS) is 25.5. The van der Waals surface area contributed by atoms with Gasteiger partial charge in [0, 0.05) is 22.9 Å². The minimum atomic E-state index is -0.901. The second kappa shape index (κ2) is 9.41. The van der Waals surface area contributed by atoms with E-state index in [1.54, 1.807) is 19.2 Å². The van der Waals surface area contributed by atoms with Crippen LogP contribution in [0.5, 0.6) is 5.75 Å². The Labute approximate surface area is 194 Å². The molecule has 1 aromatic rings. The molecule has 0 saturated heterocycles. The lowest BCUT2D eigenvalue weighted by molar-refractivity contribution is -0.151. The van der Waals surface area contributed by atoms with E-state index in [4.69, 9.17) is 14.2 Å². The Kier molecular flexibility index (Phi) is 6.58. The summed E-state index contributed by atoms with van der Waals surface area (Å²) in [6.07, 6.45) is 4.21. The van der Waals surface area contributed by atoms with Crippen molar-refractivity contribution >= 4 is 17.7 Å². The number of hydrogen-bond donors (Lipinski definition) is 1. The Hall–Kier alpha value is -3.09. The molecule has 3 atom stereocenters. The molecule has 7 heteroatoms. The summed E-state index contributed by atoms with van der Waals surface area (Å²) >= 11 is 0. The summed E-state index contributed by atoms with van der Waals surface area (Å²) in [6.45, 7) is 3.71. The maximum Gasteiger partial charge on any atom is 0.337 e. The van der Waals surface area contributed by atoms with Gasteiger partial charge in [-0.2, -0.15) is 0 Å². The number of ether oxygens (including phenoxy) is 3. The van der Waals surface area contributed by atoms with Crippen LogP contribution in [0.25, 0.3) is 0 Å². The van der Waals surface area contributed by atoms with Crippen molar-refractivity contribution < 1.29 is 28.6 Å². The van der Waals surface area contributed by atoms with Crippen molar-refractivity contribution in [1.82, 2.24) is 5.32 Å². The van der Waals surface area contributed by atoms with E-state index in [0.717, 1.165) is 36.9 Å². The SMILES string of the molecule is COC(=O)C1C(=O)C2=C(CC1C)NC(C)=C(C(=O)OC1CCCC1)C2c1ccc(OC)cc1. The van der Waals surface area contributed by atoms with Gasteiger partial charge in [-0.15, -0.1) is 0 Å². The van der Waals surface area contributed by atoms with Crippen molar-refractivity contribution in [3.05, 3.63) is 52.4 Å². The van der Waals surface area contributed by atoms with E-state index >= 15 is 0 Å². The predicted molar refractivity (Wildman–Crippen MR) is 121 cm³/mol. The third-order valence-electron chi connectivity index (χ3n) is 6.99. The van der Waals surface area contributed by atoms with Crippen LogP contribution >= 0.6 is 0 Å². The summed E-state index contributed by atoms with van der Waals surface area (Å²) in [5, 5.41) is 3.30. The zero-order valence-corrected chi connectivity index (χ0v) is 19.6. The number of methoxy groups -OCH3 is 2. The number of carbonyl (C=O) groups excluding carboxylic acids is 3. The number of benzene rings is 1. The van der Waals surface area contributed by atoms with E-state index in [1.807, 2.05) is 26.0 Å². The van der Waals surface area contributed by atoms with Crippen LogP contribution in [0.3, 0.4) is 0 Å². The van der Waals surface area contributed by atoms with Crippen molar-refractivity contribution in [3.63, 3.8) is 0 Å². The molecule has 33 heavy (non-hydrogen) atoms. The van der Waals surface area contributed by atoms with Gasteiger partial charge in [0.1, 0.15) is 17.8 Å². The molecule has 7 nitrogen and oxygen atoms in total. The van der Waals surface area contributed by atoms with Gasteiger partial charge >= 0.3 is 11.9 Å². The number of esters is 2. The number of rotatable bonds is 5. The summed E-state index contributed by atoms with van der Waals surface area (Å²) in [5.74, 6) is -2.34. The number of nitrogens with one attached hydrogen (secondary N) is 1. The van der Waals surface area contributed by atoms with Crippen LogP contribution in [0, 0.1) is 11.8 Å². The van der Waals surface area contributed by atoms with Crippen LogP contribution in [-0.2, 0) is 23.9 Å². The number of ketones is 1. The molecule has 1 fully saturated rings. The second-order valence-corrected chi connectivity index (χ2v) is 9.12. The molecular weight excluding hydrogens is 422 g/mol. The molecular formula is C26H31NO6. The largest absolute Gasteiger partial charge is 0.497 e. The fraction of sp³-hybridized carbons (Fsp3) is 0.500. The van der Waals surface area contributed by atoms with Gasteiger partial charge in [-0.3, -0.25) is 9.59 Å². The first kappa shape index (κ1) is 23.1. The van der Waals surface area contributed by atoms with Gasteiger partial charge in [0.2, 0.25) is 0 Å². The fourth-order valence-electron chi connectivity index (χ4n) is 5.30. The molecule has 1 saturated carbocycles. The molecule has 0 aromatic heterocycles. The van der Waals surface area contributed by atoms with Crippen LogP contribution in [0.4, 0.5) is 0 Å². The molecule has 2 aliphatic carbocycles. The summed E-state index contributed by atoms with van der Waals surface area (Å²) in [6, 6.07) is 7.32. The average molecular weight is 454 g/mol. The number of Topliss-reactive ketones (excluding diaryl/α,β-unsaturated/α-hetero) is 1. The molecule has 0 amide bonds. The highest BCUT2D eigenvalue weighted by atomic mass is 16.5. The number of hydrogen-bond acceptors (Lipinski definition) is 7. The molecule has 1 aromatic carbocycles. The summed E-state index contributed by atoms with van der Waals surface area (Å²) in [4.78, 5) is 39.6. The van der Waals surface area contributed by atoms with Crippen molar-refractivity contribution in [2.75, 3.05) is 14.2 Å². The molecule has 3 aliphatic rings. The first-order chi connectivity index (χ1) is 15.8.